The molecule has 0 aromatic carbocycles. The fourth-order valence-corrected chi connectivity index (χ4v) is 9.26. The Balaban J connectivity index is 1.32. The van der Waals surface area contributed by atoms with Crippen LogP contribution in [-0.4, -0.2) is 55.2 Å². The number of nitrogens with zero attached hydrogens (tertiary/aromatic N) is 2. The number of ether oxygens (including phenoxy) is 1. The fraction of sp³-hybridized carbons (Fsp3) is 0.893. The largest absolute Gasteiger partial charge is 0.449 e. The molecule has 0 bridgehead atoms. The number of hydrogen-bond acceptors (Lipinski definition) is 3. The highest BCUT2D eigenvalue weighted by molar-refractivity contribution is 5.67. The zero-order chi connectivity index (χ0) is 22.8. The van der Waals surface area contributed by atoms with Gasteiger partial charge in [0.25, 0.3) is 0 Å². The Morgan fingerprint density at radius 3 is 2.69 bits per heavy atom. The molecule has 1 heterocycles. The van der Waals surface area contributed by atoms with E-state index in [1.807, 2.05) is 11.9 Å². The van der Waals surface area contributed by atoms with E-state index in [4.69, 9.17) is 4.74 Å². The van der Waals surface area contributed by atoms with Crippen molar-refractivity contribution < 1.29 is 9.53 Å². The van der Waals surface area contributed by atoms with Crippen molar-refractivity contribution in [1.82, 2.24) is 9.80 Å². The monoisotopic (exact) mass is 442 g/mol. The molecule has 1 saturated heterocycles. The van der Waals surface area contributed by atoms with Gasteiger partial charge in [-0.1, -0.05) is 32.4 Å². The number of carbonyl (C=O) groups is 1. The summed E-state index contributed by atoms with van der Waals surface area (Å²) in [6.45, 7) is 11.1. The number of allylic oxidation sites excluding steroid dienone is 1. The maximum Gasteiger partial charge on any atom is 0.409 e. The lowest BCUT2D eigenvalue weighted by Crippen LogP contribution is -2.53. The van der Waals surface area contributed by atoms with Crippen LogP contribution in [0.5, 0.6) is 0 Å². The minimum absolute atomic E-state index is 0.141. The molecule has 8 unspecified atom stereocenters. The predicted molar refractivity (Wildman–Crippen MR) is 129 cm³/mol. The lowest BCUT2D eigenvalue weighted by atomic mass is 9.47. The Kier molecular flexibility index (Phi) is 5.71. The number of amides is 1. The standard InChI is InChI=1S/C28H46N2O2/c1-18(2)16-32-26(31)30(6)21-11-13-27(4)20(15-21)7-8-22-24(27)12-14-28-17-29(5)19(3)23(28)9-10-25(22)28/h7,18-19,21-25H,8-17H2,1-6H3. The highest BCUT2D eigenvalue weighted by Crippen LogP contribution is 2.68. The normalized spacial score (nSPS) is 45.5. The SMILES string of the molecule is CC(C)COC(=O)N(C)C1CCC2(C)C(=CCC3C2CCC24CN(C)C(C)C2CCC34)C1. The highest BCUT2D eigenvalue weighted by Gasteiger charge is 2.64. The van der Waals surface area contributed by atoms with Gasteiger partial charge in [-0.3, -0.25) is 0 Å². The minimum Gasteiger partial charge on any atom is -0.449 e. The molecule has 1 amide bonds. The number of hydrogen-bond donors (Lipinski definition) is 0. The fourth-order valence-electron chi connectivity index (χ4n) is 9.26. The Labute approximate surface area is 196 Å². The Hall–Kier alpha value is -1.03. The Bertz CT molecular complexity index is 777. The smallest absolute Gasteiger partial charge is 0.409 e. The van der Waals surface area contributed by atoms with E-state index in [9.17, 15) is 4.79 Å². The number of likely N-dealkylation sites (tertiary alicyclic amines) is 1. The predicted octanol–water partition coefficient (Wildman–Crippen LogP) is 5.97. The topological polar surface area (TPSA) is 32.8 Å². The van der Waals surface area contributed by atoms with Crippen molar-refractivity contribution in [2.75, 3.05) is 27.2 Å². The summed E-state index contributed by atoms with van der Waals surface area (Å²) in [5.41, 5.74) is 2.60. The first-order valence-corrected chi connectivity index (χ1v) is 13.5. The average Bonchev–Trinajstić information content (AvgIpc) is 3.24. The van der Waals surface area contributed by atoms with Crippen molar-refractivity contribution in [2.45, 2.75) is 91.1 Å². The second kappa shape index (κ2) is 8.03. The van der Waals surface area contributed by atoms with Gasteiger partial charge in [0.05, 0.1) is 6.61 Å². The van der Waals surface area contributed by atoms with E-state index in [1.165, 1.54) is 45.1 Å². The summed E-state index contributed by atoms with van der Waals surface area (Å²) in [7, 11) is 4.31. The van der Waals surface area contributed by atoms with Gasteiger partial charge in [-0.25, -0.2) is 4.79 Å². The Morgan fingerprint density at radius 2 is 1.94 bits per heavy atom. The molecule has 0 N–H and O–H groups in total. The first kappa shape index (κ1) is 22.7. The third-order valence-electron chi connectivity index (χ3n) is 11.1. The summed E-state index contributed by atoms with van der Waals surface area (Å²) in [4.78, 5) is 17.1. The maximum absolute atomic E-state index is 12.6. The maximum atomic E-state index is 12.6. The summed E-state index contributed by atoms with van der Waals surface area (Å²) < 4.78 is 5.53. The van der Waals surface area contributed by atoms with Crippen molar-refractivity contribution in [3.8, 4) is 0 Å². The van der Waals surface area contributed by atoms with E-state index >= 15 is 0 Å². The van der Waals surface area contributed by atoms with Crippen molar-refractivity contribution >= 4 is 6.09 Å². The van der Waals surface area contributed by atoms with Gasteiger partial charge < -0.3 is 14.5 Å². The minimum atomic E-state index is -0.141. The molecule has 0 aromatic rings. The van der Waals surface area contributed by atoms with Crippen LogP contribution in [0.4, 0.5) is 4.79 Å². The van der Waals surface area contributed by atoms with Crippen LogP contribution in [0, 0.1) is 40.4 Å². The van der Waals surface area contributed by atoms with E-state index in [1.54, 1.807) is 5.57 Å². The third kappa shape index (κ3) is 3.29. The lowest BCUT2D eigenvalue weighted by molar-refractivity contribution is -0.0435. The molecule has 3 saturated carbocycles. The highest BCUT2D eigenvalue weighted by atomic mass is 16.6. The van der Waals surface area contributed by atoms with E-state index < -0.39 is 0 Å². The van der Waals surface area contributed by atoms with Crippen molar-refractivity contribution in [2.24, 2.45) is 40.4 Å². The van der Waals surface area contributed by atoms with Gasteiger partial charge in [0, 0.05) is 25.7 Å². The Morgan fingerprint density at radius 1 is 1.19 bits per heavy atom. The van der Waals surface area contributed by atoms with Gasteiger partial charge >= 0.3 is 6.09 Å². The van der Waals surface area contributed by atoms with Crippen LogP contribution < -0.4 is 0 Å². The van der Waals surface area contributed by atoms with Crippen LogP contribution >= 0.6 is 0 Å². The second-order valence-electron chi connectivity index (χ2n) is 12.8. The van der Waals surface area contributed by atoms with Crippen LogP contribution in [0.25, 0.3) is 0 Å². The molecular formula is C28H46N2O2. The molecule has 32 heavy (non-hydrogen) atoms. The summed E-state index contributed by atoms with van der Waals surface area (Å²) in [5, 5.41) is 0. The van der Waals surface area contributed by atoms with Crippen LogP contribution in [-0.2, 0) is 4.74 Å². The number of fused-ring (bicyclic) bond motifs is 4. The van der Waals surface area contributed by atoms with E-state index in [0.717, 1.165) is 42.6 Å². The summed E-state index contributed by atoms with van der Waals surface area (Å²) >= 11 is 0. The van der Waals surface area contributed by atoms with Gasteiger partial charge in [0.15, 0.2) is 0 Å². The first-order valence-electron chi connectivity index (χ1n) is 13.5. The molecule has 4 nitrogen and oxygen atoms in total. The van der Waals surface area contributed by atoms with E-state index in [2.05, 4.69) is 45.7 Å². The molecule has 5 aliphatic rings. The molecule has 180 valence electrons. The molecule has 5 rings (SSSR count). The van der Waals surface area contributed by atoms with Crippen molar-refractivity contribution in [3.63, 3.8) is 0 Å². The van der Waals surface area contributed by atoms with Crippen LogP contribution in [0.3, 0.4) is 0 Å². The quantitative estimate of drug-likeness (QED) is 0.505. The molecule has 0 aromatic heterocycles. The van der Waals surface area contributed by atoms with Crippen LogP contribution in [0.2, 0.25) is 0 Å². The van der Waals surface area contributed by atoms with Gasteiger partial charge in [0.1, 0.15) is 0 Å². The second-order valence-corrected chi connectivity index (χ2v) is 12.8. The average molecular weight is 443 g/mol. The number of carbonyl (C=O) groups excluding carboxylic acids is 1. The van der Waals surface area contributed by atoms with Gasteiger partial charge in [-0.15, -0.1) is 0 Å². The first-order chi connectivity index (χ1) is 15.2. The molecule has 4 heteroatoms. The van der Waals surface area contributed by atoms with Gasteiger partial charge in [-0.05, 0) is 106 Å². The van der Waals surface area contributed by atoms with Gasteiger partial charge in [-0.2, -0.15) is 0 Å². The molecule has 0 radical (unpaired) electrons. The molecule has 4 aliphatic carbocycles. The van der Waals surface area contributed by atoms with Gasteiger partial charge in [0.2, 0.25) is 0 Å². The molecule has 8 atom stereocenters. The number of rotatable bonds is 3. The zero-order valence-corrected chi connectivity index (χ0v) is 21.4. The summed E-state index contributed by atoms with van der Waals surface area (Å²) in [6, 6.07) is 1.06. The van der Waals surface area contributed by atoms with Crippen molar-refractivity contribution in [1.29, 1.82) is 0 Å². The summed E-state index contributed by atoms with van der Waals surface area (Å²) in [5.74, 6) is 3.97. The van der Waals surface area contributed by atoms with Crippen LogP contribution in [0.1, 0.15) is 79.1 Å². The van der Waals surface area contributed by atoms with E-state index in [-0.39, 0.29) is 6.09 Å². The zero-order valence-electron chi connectivity index (χ0n) is 21.4. The molecule has 1 spiro atoms. The van der Waals surface area contributed by atoms with Crippen molar-refractivity contribution in [3.05, 3.63) is 11.6 Å². The molecule has 4 fully saturated rings. The van der Waals surface area contributed by atoms with Crippen LogP contribution in [0.15, 0.2) is 11.6 Å². The third-order valence-corrected chi connectivity index (χ3v) is 11.1. The summed E-state index contributed by atoms with van der Waals surface area (Å²) in [6.07, 6.45) is 13.0. The molecule has 1 aliphatic heterocycles. The molecular weight excluding hydrogens is 396 g/mol. The lowest BCUT2D eigenvalue weighted by Gasteiger charge is -2.58. The van der Waals surface area contributed by atoms with E-state index in [0.29, 0.717) is 29.4 Å².